The molecule has 0 spiro atoms. The van der Waals surface area contributed by atoms with Crippen molar-refractivity contribution < 1.29 is 28.8 Å². The molecule has 0 radical (unpaired) electrons. The molecule has 1 aliphatic heterocycles. The van der Waals surface area contributed by atoms with Crippen LogP contribution < -0.4 is 19.7 Å². The van der Waals surface area contributed by atoms with Gasteiger partial charge >= 0.3 is 6.03 Å². The highest BCUT2D eigenvalue weighted by molar-refractivity contribution is 6.39. The van der Waals surface area contributed by atoms with Gasteiger partial charge in [0.25, 0.3) is 17.5 Å². The first-order valence-electron chi connectivity index (χ1n) is 8.24. The van der Waals surface area contributed by atoms with Gasteiger partial charge in [-0.3, -0.25) is 25.0 Å². The van der Waals surface area contributed by atoms with E-state index in [0.29, 0.717) is 0 Å². The second-order valence-corrected chi connectivity index (χ2v) is 5.82. The van der Waals surface area contributed by atoms with Crippen molar-refractivity contribution in [2.45, 2.75) is 0 Å². The molecule has 148 valence electrons. The van der Waals surface area contributed by atoms with Gasteiger partial charge in [0, 0.05) is 0 Å². The molecule has 0 bridgehead atoms. The molecule has 1 heterocycles. The zero-order valence-electron chi connectivity index (χ0n) is 15.4. The number of ether oxygens (including phenoxy) is 2. The second kappa shape index (κ2) is 7.80. The van der Waals surface area contributed by atoms with Crippen LogP contribution in [0.15, 0.2) is 48.0 Å². The summed E-state index contributed by atoms with van der Waals surface area (Å²) in [7, 11) is 2.66. The molecule has 0 saturated carbocycles. The van der Waals surface area contributed by atoms with E-state index in [9.17, 15) is 24.5 Å². The lowest BCUT2D eigenvalue weighted by atomic mass is 10.0. The molecule has 1 N–H and O–H groups in total. The Labute approximate surface area is 164 Å². The van der Waals surface area contributed by atoms with Crippen molar-refractivity contribution in [3.05, 3.63) is 63.7 Å². The number of nitro benzene ring substituents is 1. The fraction of sp³-hybridized carbons (Fsp3) is 0.105. The van der Waals surface area contributed by atoms with Gasteiger partial charge in [-0.1, -0.05) is 18.2 Å². The Kier molecular flexibility index (Phi) is 5.26. The molecule has 0 aliphatic carbocycles. The van der Waals surface area contributed by atoms with Crippen LogP contribution in [0.5, 0.6) is 11.5 Å². The Bertz CT molecular complexity index is 1050. The summed E-state index contributed by atoms with van der Waals surface area (Å²) in [5.74, 6) is -1.59. The summed E-state index contributed by atoms with van der Waals surface area (Å²) in [4.78, 5) is 48.9. The molecular weight excluding hydrogens is 382 g/mol. The van der Waals surface area contributed by atoms with Crippen LogP contribution in [-0.2, 0) is 9.59 Å². The molecule has 1 fully saturated rings. The first-order chi connectivity index (χ1) is 13.9. The van der Waals surface area contributed by atoms with Gasteiger partial charge in [-0.15, -0.1) is 0 Å². The SMILES string of the molecule is COc1cc(/C=C2\C(=O)NC(=O)N(c3ccccc3)C2=O)c([N+](=O)[O-])cc1OC. The smallest absolute Gasteiger partial charge is 0.335 e. The van der Waals surface area contributed by atoms with E-state index >= 15 is 0 Å². The van der Waals surface area contributed by atoms with Crippen LogP contribution in [0, 0.1) is 10.1 Å². The van der Waals surface area contributed by atoms with Crippen LogP contribution >= 0.6 is 0 Å². The van der Waals surface area contributed by atoms with E-state index in [1.807, 2.05) is 0 Å². The quantitative estimate of drug-likeness (QED) is 0.355. The number of hydrogen-bond acceptors (Lipinski definition) is 7. The Morgan fingerprint density at radius 3 is 2.24 bits per heavy atom. The average Bonchev–Trinajstić information content (AvgIpc) is 2.71. The number of benzene rings is 2. The maximum absolute atomic E-state index is 12.9. The highest BCUT2D eigenvalue weighted by Gasteiger charge is 2.37. The Morgan fingerprint density at radius 1 is 1.03 bits per heavy atom. The number of nitrogens with zero attached hydrogens (tertiary/aromatic N) is 2. The van der Waals surface area contributed by atoms with Crippen LogP contribution in [0.2, 0.25) is 0 Å². The first kappa shape index (κ1) is 19.5. The molecule has 2 aromatic rings. The Balaban J connectivity index is 2.13. The topological polar surface area (TPSA) is 128 Å². The highest BCUT2D eigenvalue weighted by Crippen LogP contribution is 2.36. The molecule has 0 atom stereocenters. The third-order valence-corrected chi connectivity index (χ3v) is 4.15. The third-order valence-electron chi connectivity index (χ3n) is 4.15. The molecule has 1 aliphatic rings. The van der Waals surface area contributed by atoms with Gasteiger partial charge in [0.1, 0.15) is 5.57 Å². The molecule has 4 amide bonds. The molecule has 1 saturated heterocycles. The summed E-state index contributed by atoms with van der Waals surface area (Å²) < 4.78 is 10.2. The number of para-hydroxylation sites is 1. The largest absolute Gasteiger partial charge is 0.493 e. The van der Waals surface area contributed by atoms with Gasteiger partial charge in [0.05, 0.1) is 36.5 Å². The lowest BCUT2D eigenvalue weighted by molar-refractivity contribution is -0.385. The van der Waals surface area contributed by atoms with Crippen LogP contribution in [0.25, 0.3) is 6.08 Å². The third kappa shape index (κ3) is 3.63. The maximum atomic E-state index is 12.9. The molecular formula is C19H15N3O7. The number of carbonyl (C=O) groups excluding carboxylic acids is 3. The van der Waals surface area contributed by atoms with E-state index in [0.717, 1.165) is 17.0 Å². The lowest BCUT2D eigenvalue weighted by Gasteiger charge is -2.26. The Hall–Kier alpha value is -4.21. The van der Waals surface area contributed by atoms with Crippen molar-refractivity contribution in [3.63, 3.8) is 0 Å². The van der Waals surface area contributed by atoms with Crippen molar-refractivity contribution in [2.75, 3.05) is 19.1 Å². The number of urea groups is 1. The van der Waals surface area contributed by atoms with Gasteiger partial charge in [-0.25, -0.2) is 9.69 Å². The number of imide groups is 2. The number of carbonyl (C=O) groups is 3. The minimum Gasteiger partial charge on any atom is -0.493 e. The number of anilines is 1. The van der Waals surface area contributed by atoms with Gasteiger partial charge in [0.15, 0.2) is 11.5 Å². The standard InChI is InChI=1S/C19H15N3O7/c1-28-15-9-11(14(22(26)27)10-16(15)29-2)8-13-17(23)20-19(25)21(18(13)24)12-6-4-3-5-7-12/h3-10H,1-2H3,(H,20,23,25)/b13-8+. The van der Waals surface area contributed by atoms with E-state index in [1.165, 1.54) is 32.4 Å². The van der Waals surface area contributed by atoms with Crippen molar-refractivity contribution in [3.8, 4) is 11.5 Å². The number of hydrogen-bond donors (Lipinski definition) is 1. The molecule has 10 heteroatoms. The van der Waals surface area contributed by atoms with E-state index in [-0.39, 0.29) is 22.7 Å². The first-order valence-corrected chi connectivity index (χ1v) is 8.24. The number of methoxy groups -OCH3 is 2. The predicted octanol–water partition coefficient (Wildman–Crippen LogP) is 2.28. The minimum absolute atomic E-state index is 0.0616. The van der Waals surface area contributed by atoms with Crippen molar-refractivity contribution in [1.82, 2.24) is 5.32 Å². The number of nitrogens with one attached hydrogen (secondary N) is 1. The zero-order valence-corrected chi connectivity index (χ0v) is 15.4. The van der Waals surface area contributed by atoms with E-state index < -0.39 is 34.0 Å². The van der Waals surface area contributed by atoms with Crippen LogP contribution in [0.1, 0.15) is 5.56 Å². The predicted molar refractivity (Wildman–Crippen MR) is 102 cm³/mol. The van der Waals surface area contributed by atoms with Crippen LogP contribution in [0.3, 0.4) is 0 Å². The molecule has 10 nitrogen and oxygen atoms in total. The summed E-state index contributed by atoms with van der Waals surface area (Å²) >= 11 is 0. The van der Waals surface area contributed by atoms with Crippen molar-refractivity contribution in [1.29, 1.82) is 0 Å². The molecule has 2 aromatic carbocycles. The summed E-state index contributed by atoms with van der Waals surface area (Å²) in [5.41, 5.74) is -0.661. The number of nitro groups is 1. The van der Waals surface area contributed by atoms with E-state index in [1.54, 1.807) is 18.2 Å². The minimum atomic E-state index is -0.962. The normalized spacial score (nSPS) is 15.3. The average molecular weight is 397 g/mol. The monoisotopic (exact) mass is 397 g/mol. The van der Waals surface area contributed by atoms with E-state index in [2.05, 4.69) is 5.32 Å². The van der Waals surface area contributed by atoms with Crippen molar-refractivity contribution >= 4 is 35.3 Å². The fourth-order valence-electron chi connectivity index (χ4n) is 2.78. The second-order valence-electron chi connectivity index (χ2n) is 5.82. The van der Waals surface area contributed by atoms with Gasteiger partial charge in [-0.2, -0.15) is 0 Å². The molecule has 3 rings (SSSR count). The van der Waals surface area contributed by atoms with Crippen molar-refractivity contribution in [2.24, 2.45) is 0 Å². The summed E-state index contributed by atoms with van der Waals surface area (Å²) in [5, 5.41) is 13.5. The molecule has 29 heavy (non-hydrogen) atoms. The fourth-order valence-corrected chi connectivity index (χ4v) is 2.78. The summed E-state index contributed by atoms with van der Waals surface area (Å²) in [6, 6.07) is 9.46. The molecule has 0 aromatic heterocycles. The summed E-state index contributed by atoms with van der Waals surface area (Å²) in [6.45, 7) is 0. The zero-order chi connectivity index (χ0) is 21.1. The summed E-state index contributed by atoms with van der Waals surface area (Å²) in [6.07, 6.45) is 1.04. The number of rotatable bonds is 5. The molecule has 0 unspecified atom stereocenters. The van der Waals surface area contributed by atoms with Crippen LogP contribution in [-0.4, -0.2) is 37.0 Å². The highest BCUT2D eigenvalue weighted by atomic mass is 16.6. The lowest BCUT2D eigenvalue weighted by Crippen LogP contribution is -2.54. The van der Waals surface area contributed by atoms with E-state index in [4.69, 9.17) is 9.47 Å². The van der Waals surface area contributed by atoms with Gasteiger partial charge < -0.3 is 9.47 Å². The number of amides is 4. The number of barbiturate groups is 1. The van der Waals surface area contributed by atoms with Crippen LogP contribution in [0.4, 0.5) is 16.2 Å². The maximum Gasteiger partial charge on any atom is 0.335 e. The van der Waals surface area contributed by atoms with Gasteiger partial charge in [-0.05, 0) is 24.3 Å². The Morgan fingerprint density at radius 2 is 1.66 bits per heavy atom. The van der Waals surface area contributed by atoms with Gasteiger partial charge in [0.2, 0.25) is 0 Å².